The van der Waals surface area contributed by atoms with Gasteiger partial charge in [-0.3, -0.25) is 9.38 Å². The number of benzene rings is 1. The second kappa shape index (κ2) is 9.31. The summed E-state index contributed by atoms with van der Waals surface area (Å²) in [6.45, 7) is 2.20. The van der Waals surface area contributed by atoms with Crippen molar-refractivity contribution in [2.75, 3.05) is 0 Å². The molecule has 0 spiro atoms. The Hall–Kier alpha value is -4.44. The lowest BCUT2D eigenvalue weighted by molar-refractivity contribution is 0.947. The first-order chi connectivity index (χ1) is 17.7. The molecule has 2 N–H and O–H groups in total. The molecule has 0 saturated heterocycles. The van der Waals surface area contributed by atoms with E-state index in [1.807, 2.05) is 36.7 Å². The molecule has 1 atom stereocenters. The summed E-state index contributed by atoms with van der Waals surface area (Å²) in [6, 6.07) is 18.6. The van der Waals surface area contributed by atoms with E-state index in [-0.39, 0.29) is 5.92 Å². The van der Waals surface area contributed by atoms with Gasteiger partial charge < -0.3 is 5.73 Å². The van der Waals surface area contributed by atoms with Crippen LogP contribution in [0.3, 0.4) is 0 Å². The van der Waals surface area contributed by atoms with Crippen LogP contribution in [0.1, 0.15) is 36.5 Å². The topological polar surface area (TPSA) is 56.2 Å². The predicted molar refractivity (Wildman–Crippen MR) is 148 cm³/mol. The van der Waals surface area contributed by atoms with Crippen molar-refractivity contribution in [1.29, 1.82) is 0 Å². The van der Waals surface area contributed by atoms with Gasteiger partial charge in [0.1, 0.15) is 5.65 Å². The Morgan fingerprint density at radius 3 is 2.69 bits per heavy atom. The molecular weight excluding hydrogens is 440 g/mol. The average Bonchev–Trinajstić information content (AvgIpc) is 3.32. The molecule has 0 saturated carbocycles. The zero-order chi connectivity index (χ0) is 24.5. The fraction of sp³-hybridized carbons (Fsp3) is 0.125. The van der Waals surface area contributed by atoms with Gasteiger partial charge in [0, 0.05) is 24.5 Å². The van der Waals surface area contributed by atoms with Crippen LogP contribution in [0.25, 0.3) is 28.1 Å². The third-order valence-electron chi connectivity index (χ3n) is 6.98. The quantitative estimate of drug-likeness (QED) is 0.459. The second-order valence-corrected chi connectivity index (χ2v) is 9.33. The van der Waals surface area contributed by atoms with E-state index in [9.17, 15) is 0 Å². The van der Waals surface area contributed by atoms with Crippen LogP contribution in [0.5, 0.6) is 0 Å². The molecule has 3 heterocycles. The number of hydrogen-bond donors (Lipinski definition) is 1. The molecular formula is C32H28N4. The number of pyridine rings is 2. The van der Waals surface area contributed by atoms with Crippen molar-refractivity contribution in [1.82, 2.24) is 14.4 Å². The molecule has 2 aliphatic carbocycles. The van der Waals surface area contributed by atoms with Crippen molar-refractivity contribution in [2.45, 2.75) is 19.8 Å². The minimum Gasteiger partial charge on any atom is -0.396 e. The van der Waals surface area contributed by atoms with Crippen molar-refractivity contribution in [2.24, 2.45) is 11.7 Å². The van der Waals surface area contributed by atoms with E-state index >= 15 is 0 Å². The fourth-order valence-corrected chi connectivity index (χ4v) is 5.05. The largest absolute Gasteiger partial charge is 0.396 e. The fourth-order valence-electron chi connectivity index (χ4n) is 5.05. The van der Waals surface area contributed by atoms with Crippen molar-refractivity contribution in [3.63, 3.8) is 0 Å². The molecule has 4 heteroatoms. The molecule has 0 amide bonds. The molecule has 4 aromatic rings. The van der Waals surface area contributed by atoms with E-state index < -0.39 is 0 Å². The predicted octanol–water partition coefficient (Wildman–Crippen LogP) is 5.02. The van der Waals surface area contributed by atoms with Crippen molar-refractivity contribution >= 4 is 28.1 Å². The van der Waals surface area contributed by atoms with Gasteiger partial charge in [-0.1, -0.05) is 79.8 Å². The highest BCUT2D eigenvalue weighted by molar-refractivity contribution is 5.85. The molecule has 2 aliphatic rings. The Morgan fingerprint density at radius 2 is 1.89 bits per heavy atom. The van der Waals surface area contributed by atoms with Crippen molar-refractivity contribution in [3.8, 4) is 0 Å². The molecule has 6 rings (SSSR count). The van der Waals surface area contributed by atoms with E-state index in [1.54, 1.807) is 0 Å². The van der Waals surface area contributed by atoms with Crippen LogP contribution in [-0.4, -0.2) is 14.4 Å². The zero-order valence-electron chi connectivity index (χ0n) is 20.3. The highest BCUT2D eigenvalue weighted by atomic mass is 15.0. The van der Waals surface area contributed by atoms with Crippen molar-refractivity contribution < 1.29 is 0 Å². The number of imidazole rings is 1. The van der Waals surface area contributed by atoms with E-state index in [2.05, 4.69) is 89.3 Å². The van der Waals surface area contributed by atoms with Crippen molar-refractivity contribution in [3.05, 3.63) is 137 Å². The number of hydrogen-bond acceptors (Lipinski definition) is 3. The average molecular weight is 469 g/mol. The summed E-state index contributed by atoms with van der Waals surface area (Å²) >= 11 is 0. The maximum absolute atomic E-state index is 6.88. The Balaban J connectivity index is 1.59. The van der Waals surface area contributed by atoms with Crippen LogP contribution in [-0.2, 0) is 0 Å². The molecule has 1 unspecified atom stereocenters. The van der Waals surface area contributed by atoms with Gasteiger partial charge in [-0.25, -0.2) is 4.98 Å². The summed E-state index contributed by atoms with van der Waals surface area (Å²) in [5.74, 6) is 0.259. The lowest BCUT2D eigenvalue weighted by atomic mass is 9.92. The molecule has 4 nitrogen and oxygen atoms in total. The monoisotopic (exact) mass is 468 g/mol. The number of nitrogens with zero attached hydrogens (tertiary/aromatic N) is 3. The molecule has 1 aromatic carbocycles. The van der Waals surface area contributed by atoms with Gasteiger partial charge in [-0.05, 0) is 64.5 Å². The molecule has 0 radical (unpaired) electrons. The maximum Gasteiger partial charge on any atom is 0.138 e. The van der Waals surface area contributed by atoms with E-state index in [1.165, 1.54) is 22.3 Å². The molecule has 36 heavy (non-hydrogen) atoms. The van der Waals surface area contributed by atoms with E-state index in [4.69, 9.17) is 10.7 Å². The van der Waals surface area contributed by atoms with E-state index in [0.29, 0.717) is 0 Å². The van der Waals surface area contributed by atoms with Crippen LogP contribution in [0.2, 0.25) is 0 Å². The summed E-state index contributed by atoms with van der Waals surface area (Å²) in [6.07, 6.45) is 21.0. The van der Waals surface area contributed by atoms with Crippen LogP contribution < -0.4 is 16.4 Å². The summed E-state index contributed by atoms with van der Waals surface area (Å²) < 4.78 is 2.17. The summed E-state index contributed by atoms with van der Waals surface area (Å²) in [5, 5.41) is 1.88. The van der Waals surface area contributed by atoms with Crippen LogP contribution >= 0.6 is 0 Å². The van der Waals surface area contributed by atoms with Crippen LogP contribution in [0.4, 0.5) is 0 Å². The first-order valence-electron chi connectivity index (χ1n) is 12.4. The molecule has 0 aliphatic heterocycles. The number of rotatable bonds is 3. The van der Waals surface area contributed by atoms with Gasteiger partial charge in [0.2, 0.25) is 0 Å². The van der Waals surface area contributed by atoms with Gasteiger partial charge in [-0.2, -0.15) is 0 Å². The summed E-state index contributed by atoms with van der Waals surface area (Å²) in [4.78, 5) is 9.38. The second-order valence-electron chi connectivity index (χ2n) is 9.33. The molecule has 0 bridgehead atoms. The Kier molecular flexibility index (Phi) is 5.70. The standard InChI is InChI=1S/C32H28N4/c1-22-9-5-6-15-28(22)31-32(30(33)23-10-3-2-4-11-23)36-21-27(16-17-29(36)35-31)25-13-7-12-24(19-25)26-14-8-18-34-20-26/h2-6,8-12,14-22H,7,13,33H2,1H3/b31-28+,32-30+. The first kappa shape index (κ1) is 22.1. The molecule has 176 valence electrons. The Labute approximate surface area is 210 Å². The number of nitrogens with two attached hydrogens (primary N) is 1. The third-order valence-corrected chi connectivity index (χ3v) is 6.98. The normalized spacial score (nSPS) is 19.8. The lowest BCUT2D eigenvalue weighted by Crippen LogP contribution is -2.35. The maximum atomic E-state index is 6.88. The Bertz CT molecular complexity index is 1680. The first-order valence-corrected chi connectivity index (χ1v) is 12.4. The highest BCUT2D eigenvalue weighted by Gasteiger charge is 2.15. The van der Waals surface area contributed by atoms with Crippen LogP contribution in [0.15, 0.2) is 110 Å². The lowest BCUT2D eigenvalue weighted by Gasteiger charge is -2.15. The van der Waals surface area contributed by atoms with Gasteiger partial charge >= 0.3 is 0 Å². The zero-order valence-corrected chi connectivity index (χ0v) is 20.3. The molecule has 0 fully saturated rings. The minimum atomic E-state index is 0.259. The Morgan fingerprint density at radius 1 is 1.00 bits per heavy atom. The van der Waals surface area contributed by atoms with Gasteiger partial charge in [0.05, 0.1) is 16.4 Å². The number of allylic oxidation sites excluding steroid dienone is 8. The van der Waals surface area contributed by atoms with Gasteiger partial charge in [0.15, 0.2) is 0 Å². The third kappa shape index (κ3) is 4.01. The SMILES string of the molecule is CC1C=CC=C/C1=c1\nc2ccc(C3=CC(c4cccnc4)=CCC3)cn2\c1=C(\N)c1ccccc1. The van der Waals surface area contributed by atoms with Gasteiger partial charge in [0.25, 0.3) is 0 Å². The summed E-state index contributed by atoms with van der Waals surface area (Å²) in [5.41, 5.74) is 15.5. The van der Waals surface area contributed by atoms with Gasteiger partial charge in [-0.15, -0.1) is 0 Å². The minimum absolute atomic E-state index is 0.259. The van der Waals surface area contributed by atoms with E-state index in [0.717, 1.165) is 46.0 Å². The highest BCUT2D eigenvalue weighted by Crippen LogP contribution is 2.30. The molecule has 3 aromatic heterocycles. The number of aromatic nitrogens is 3. The smallest absolute Gasteiger partial charge is 0.138 e. The number of fused-ring (bicyclic) bond motifs is 1. The summed E-state index contributed by atoms with van der Waals surface area (Å²) in [7, 11) is 0. The van der Waals surface area contributed by atoms with Crippen LogP contribution in [0, 0.1) is 5.92 Å².